The number of carbonyl (C=O) groups is 1. The van der Waals surface area contributed by atoms with Gasteiger partial charge >= 0.3 is 6.18 Å². The van der Waals surface area contributed by atoms with Gasteiger partial charge in [0.05, 0.1) is 17.0 Å². The average molecular weight is 413 g/mol. The van der Waals surface area contributed by atoms with Crippen LogP contribution < -0.4 is 5.32 Å². The lowest BCUT2D eigenvalue weighted by atomic mass is 9.99. The molecular formula is C21H18F3N5O. The highest BCUT2D eigenvalue weighted by molar-refractivity contribution is 6.13. The standard InChI is InChI=1S/C21H18F3N5O/c1-29-10-9-17(28-29)15-11-14(7-8-16(15)21(22,23)24)20(30)27-18(12-25)19(26)13-5-3-2-4-6-13/h2-12,18,25-26H,1H3,(H,27,30). The van der Waals surface area contributed by atoms with Gasteiger partial charge in [0.25, 0.3) is 5.91 Å². The van der Waals surface area contributed by atoms with Crippen molar-refractivity contribution in [3.05, 3.63) is 77.5 Å². The van der Waals surface area contributed by atoms with Crippen molar-refractivity contribution in [3.8, 4) is 11.3 Å². The Kier molecular flexibility index (Phi) is 5.81. The second-order valence-corrected chi connectivity index (χ2v) is 6.53. The zero-order valence-electron chi connectivity index (χ0n) is 15.9. The largest absolute Gasteiger partial charge is 0.417 e. The molecule has 0 saturated heterocycles. The molecule has 0 radical (unpaired) electrons. The Bertz CT molecular complexity index is 1090. The molecule has 3 rings (SSSR count). The summed E-state index contributed by atoms with van der Waals surface area (Å²) in [5, 5.41) is 22.3. The molecule has 2 aromatic carbocycles. The summed E-state index contributed by atoms with van der Waals surface area (Å²) in [7, 11) is 1.58. The Balaban J connectivity index is 1.92. The van der Waals surface area contributed by atoms with Crippen molar-refractivity contribution < 1.29 is 18.0 Å². The third kappa shape index (κ3) is 4.45. The molecule has 1 amide bonds. The van der Waals surface area contributed by atoms with E-state index >= 15 is 0 Å². The summed E-state index contributed by atoms with van der Waals surface area (Å²) in [6.07, 6.45) is -2.21. The number of nitrogens with zero attached hydrogens (tertiary/aromatic N) is 2. The zero-order chi connectivity index (χ0) is 21.9. The van der Waals surface area contributed by atoms with Crippen LogP contribution in [0.15, 0.2) is 60.8 Å². The van der Waals surface area contributed by atoms with E-state index in [1.807, 2.05) is 0 Å². The molecule has 3 aromatic rings. The van der Waals surface area contributed by atoms with Crippen LogP contribution in [0, 0.1) is 10.8 Å². The number of carbonyl (C=O) groups excluding carboxylic acids is 1. The molecule has 0 bridgehead atoms. The number of benzene rings is 2. The van der Waals surface area contributed by atoms with Crippen molar-refractivity contribution in [1.29, 1.82) is 10.8 Å². The van der Waals surface area contributed by atoms with Crippen LogP contribution in [0.3, 0.4) is 0 Å². The van der Waals surface area contributed by atoms with E-state index in [-0.39, 0.29) is 22.5 Å². The normalized spacial score (nSPS) is 12.3. The first-order valence-electron chi connectivity index (χ1n) is 8.87. The minimum absolute atomic E-state index is 0.00388. The summed E-state index contributed by atoms with van der Waals surface area (Å²) in [5.74, 6) is -0.699. The van der Waals surface area contributed by atoms with Gasteiger partial charge in [-0.3, -0.25) is 9.48 Å². The number of rotatable bonds is 6. The topological polar surface area (TPSA) is 94.6 Å². The summed E-state index contributed by atoms with van der Waals surface area (Å²) in [6, 6.07) is 12.0. The summed E-state index contributed by atoms with van der Waals surface area (Å²) < 4.78 is 41.7. The Labute approximate surface area is 170 Å². The van der Waals surface area contributed by atoms with E-state index in [1.54, 1.807) is 37.4 Å². The molecule has 0 aliphatic rings. The monoisotopic (exact) mass is 413 g/mol. The molecule has 154 valence electrons. The van der Waals surface area contributed by atoms with Crippen LogP contribution in [-0.4, -0.2) is 33.7 Å². The number of hydrogen-bond donors (Lipinski definition) is 3. The second kappa shape index (κ2) is 8.32. The molecule has 0 saturated carbocycles. The molecule has 0 spiro atoms. The molecule has 9 heteroatoms. The molecule has 0 aliphatic heterocycles. The first-order chi connectivity index (χ1) is 14.2. The fraction of sp³-hybridized carbons (Fsp3) is 0.143. The van der Waals surface area contributed by atoms with Crippen LogP contribution in [0.1, 0.15) is 21.5 Å². The molecule has 1 atom stereocenters. The van der Waals surface area contributed by atoms with Crippen LogP contribution in [0.2, 0.25) is 0 Å². The van der Waals surface area contributed by atoms with Gasteiger partial charge in [-0.05, 0) is 29.8 Å². The first-order valence-corrected chi connectivity index (χ1v) is 8.87. The number of alkyl halides is 3. The molecule has 0 fully saturated rings. The highest BCUT2D eigenvalue weighted by Crippen LogP contribution is 2.37. The van der Waals surface area contributed by atoms with Gasteiger partial charge in [0.15, 0.2) is 0 Å². The van der Waals surface area contributed by atoms with Gasteiger partial charge in [-0.2, -0.15) is 18.3 Å². The number of amides is 1. The third-order valence-corrected chi connectivity index (χ3v) is 4.43. The number of nitrogens with one attached hydrogen (secondary N) is 3. The van der Waals surface area contributed by atoms with Crippen molar-refractivity contribution in [2.24, 2.45) is 7.05 Å². The van der Waals surface area contributed by atoms with E-state index < -0.39 is 23.7 Å². The molecule has 6 nitrogen and oxygen atoms in total. The number of aryl methyl sites for hydroxylation is 1. The maximum atomic E-state index is 13.4. The molecule has 30 heavy (non-hydrogen) atoms. The molecule has 1 heterocycles. The summed E-state index contributed by atoms with van der Waals surface area (Å²) >= 11 is 0. The fourth-order valence-electron chi connectivity index (χ4n) is 2.92. The van der Waals surface area contributed by atoms with E-state index in [9.17, 15) is 18.0 Å². The first kappa shape index (κ1) is 21.0. The maximum Gasteiger partial charge on any atom is 0.417 e. The Morgan fingerprint density at radius 1 is 1.13 bits per heavy atom. The highest BCUT2D eigenvalue weighted by Gasteiger charge is 2.34. The minimum atomic E-state index is -4.62. The maximum absolute atomic E-state index is 13.4. The van der Waals surface area contributed by atoms with Gasteiger partial charge in [-0.25, -0.2) is 0 Å². The average Bonchev–Trinajstić information content (AvgIpc) is 3.17. The Hall–Kier alpha value is -3.75. The van der Waals surface area contributed by atoms with Crippen LogP contribution in [-0.2, 0) is 13.2 Å². The van der Waals surface area contributed by atoms with E-state index in [2.05, 4.69) is 10.4 Å². The molecule has 1 unspecified atom stereocenters. The zero-order valence-corrected chi connectivity index (χ0v) is 15.9. The lowest BCUT2D eigenvalue weighted by molar-refractivity contribution is -0.137. The van der Waals surface area contributed by atoms with Gasteiger partial charge in [0.1, 0.15) is 6.04 Å². The second-order valence-electron chi connectivity index (χ2n) is 6.53. The van der Waals surface area contributed by atoms with Crippen LogP contribution in [0.4, 0.5) is 13.2 Å². The van der Waals surface area contributed by atoms with Gasteiger partial charge in [0, 0.05) is 30.6 Å². The minimum Gasteiger partial charge on any atom is -0.339 e. The number of aromatic nitrogens is 2. The van der Waals surface area contributed by atoms with E-state index in [0.29, 0.717) is 5.56 Å². The van der Waals surface area contributed by atoms with E-state index in [4.69, 9.17) is 10.8 Å². The van der Waals surface area contributed by atoms with Gasteiger partial charge in [-0.1, -0.05) is 30.3 Å². The van der Waals surface area contributed by atoms with Crippen LogP contribution >= 0.6 is 0 Å². The molecule has 3 N–H and O–H groups in total. The van der Waals surface area contributed by atoms with Crippen molar-refractivity contribution in [2.75, 3.05) is 0 Å². The van der Waals surface area contributed by atoms with Crippen molar-refractivity contribution in [3.63, 3.8) is 0 Å². The predicted octanol–water partition coefficient (Wildman–Crippen LogP) is 3.92. The van der Waals surface area contributed by atoms with E-state index in [0.717, 1.165) is 24.4 Å². The summed E-state index contributed by atoms with van der Waals surface area (Å²) in [5.41, 5.74) is -0.557. The van der Waals surface area contributed by atoms with Crippen molar-refractivity contribution >= 4 is 17.8 Å². The summed E-state index contributed by atoms with van der Waals surface area (Å²) in [6.45, 7) is 0. The lowest BCUT2D eigenvalue weighted by Crippen LogP contribution is -2.42. The lowest BCUT2D eigenvalue weighted by Gasteiger charge is -2.17. The fourth-order valence-corrected chi connectivity index (χ4v) is 2.92. The summed E-state index contributed by atoms with van der Waals surface area (Å²) in [4.78, 5) is 12.7. The van der Waals surface area contributed by atoms with Gasteiger partial charge in [-0.15, -0.1) is 0 Å². The number of halogens is 3. The number of hydrogen-bond acceptors (Lipinski definition) is 4. The van der Waals surface area contributed by atoms with Gasteiger partial charge in [0.2, 0.25) is 0 Å². The van der Waals surface area contributed by atoms with Crippen molar-refractivity contribution in [2.45, 2.75) is 12.2 Å². The Morgan fingerprint density at radius 2 is 1.83 bits per heavy atom. The molecular weight excluding hydrogens is 395 g/mol. The SMILES string of the molecule is Cn1ccc(-c2cc(C(=O)NC(C=N)C(=N)c3ccccc3)ccc2C(F)(F)F)n1. The highest BCUT2D eigenvalue weighted by atomic mass is 19.4. The smallest absolute Gasteiger partial charge is 0.339 e. The molecule has 0 aliphatic carbocycles. The van der Waals surface area contributed by atoms with Crippen LogP contribution in [0.25, 0.3) is 11.3 Å². The quantitative estimate of drug-likeness (QED) is 0.534. The molecule has 1 aromatic heterocycles. The van der Waals surface area contributed by atoms with Crippen LogP contribution in [0.5, 0.6) is 0 Å². The predicted molar refractivity (Wildman–Crippen MR) is 107 cm³/mol. The van der Waals surface area contributed by atoms with Gasteiger partial charge < -0.3 is 16.1 Å². The van der Waals surface area contributed by atoms with Crippen molar-refractivity contribution in [1.82, 2.24) is 15.1 Å². The Morgan fingerprint density at radius 3 is 2.40 bits per heavy atom. The van der Waals surface area contributed by atoms with E-state index in [1.165, 1.54) is 16.9 Å². The third-order valence-electron chi connectivity index (χ3n) is 4.43.